The molecule has 0 fully saturated rings. The lowest BCUT2D eigenvalue weighted by Gasteiger charge is -2.17. The summed E-state index contributed by atoms with van der Waals surface area (Å²) in [5.74, 6) is -0.327. The van der Waals surface area contributed by atoms with Gasteiger partial charge in [0.05, 0.1) is 6.61 Å². The molecule has 0 amide bonds. The smallest absolute Gasteiger partial charge is 0.326 e. The molecule has 0 aliphatic rings. The number of nitrogens with one attached hydrogen (secondary N) is 1. The van der Waals surface area contributed by atoms with Crippen LogP contribution in [0.2, 0.25) is 0 Å². The molecule has 0 radical (unpaired) electrons. The Morgan fingerprint density at radius 1 is 1.42 bits per heavy atom. The van der Waals surface area contributed by atoms with Gasteiger partial charge >= 0.3 is 5.97 Å². The van der Waals surface area contributed by atoms with Crippen molar-refractivity contribution in [3.05, 3.63) is 30.1 Å². The number of carbonyl (C=O) groups is 1. The average molecular weight is 269 g/mol. The highest BCUT2D eigenvalue weighted by Crippen LogP contribution is 2.12. The molecule has 0 spiro atoms. The molecule has 0 aromatic heterocycles. The van der Waals surface area contributed by atoms with Gasteiger partial charge in [-0.25, -0.2) is 4.39 Å². The highest BCUT2D eigenvalue weighted by Gasteiger charge is 2.19. The lowest BCUT2D eigenvalue weighted by molar-refractivity contribution is -0.146. The van der Waals surface area contributed by atoms with E-state index in [4.69, 9.17) is 9.47 Å². The molecular formula is C14H20FNO3. The van der Waals surface area contributed by atoms with Crippen molar-refractivity contribution in [2.24, 2.45) is 0 Å². The Balaban J connectivity index is 2.54. The molecule has 1 N–H and O–H groups in total. The third kappa shape index (κ3) is 5.70. The average Bonchev–Trinajstić information content (AvgIpc) is 2.39. The minimum atomic E-state index is -0.539. The van der Waals surface area contributed by atoms with Crippen LogP contribution < -0.4 is 10.1 Å². The van der Waals surface area contributed by atoms with Crippen molar-refractivity contribution in [3.63, 3.8) is 0 Å². The van der Waals surface area contributed by atoms with Gasteiger partial charge in [0.15, 0.2) is 0 Å². The molecular weight excluding hydrogens is 249 g/mol. The second-order valence-corrected chi connectivity index (χ2v) is 4.03. The van der Waals surface area contributed by atoms with E-state index in [0.717, 1.165) is 6.42 Å². The van der Waals surface area contributed by atoms with E-state index < -0.39 is 6.04 Å². The van der Waals surface area contributed by atoms with Crippen molar-refractivity contribution in [2.75, 3.05) is 19.8 Å². The minimum absolute atomic E-state index is 0.113. The number of benzene rings is 1. The van der Waals surface area contributed by atoms with Crippen molar-refractivity contribution in [1.29, 1.82) is 0 Å². The van der Waals surface area contributed by atoms with Crippen LogP contribution in [0.5, 0.6) is 5.75 Å². The Bertz CT molecular complexity index is 398. The molecule has 106 valence electrons. The van der Waals surface area contributed by atoms with Crippen molar-refractivity contribution >= 4 is 5.97 Å². The number of esters is 1. The molecule has 1 rings (SSSR count). The number of hydrogen-bond acceptors (Lipinski definition) is 4. The summed E-state index contributed by atoms with van der Waals surface area (Å²) in [5, 5.41) is 3.05. The van der Waals surface area contributed by atoms with Gasteiger partial charge < -0.3 is 14.8 Å². The van der Waals surface area contributed by atoms with Gasteiger partial charge in [0.25, 0.3) is 0 Å². The fraction of sp³-hybridized carbons (Fsp3) is 0.500. The quantitative estimate of drug-likeness (QED) is 0.734. The maximum atomic E-state index is 13.0. The first-order valence-electron chi connectivity index (χ1n) is 6.45. The van der Waals surface area contributed by atoms with Gasteiger partial charge in [-0.15, -0.1) is 0 Å². The van der Waals surface area contributed by atoms with Crippen LogP contribution in [0.4, 0.5) is 4.39 Å². The first-order valence-corrected chi connectivity index (χ1v) is 6.45. The monoisotopic (exact) mass is 269 g/mol. The van der Waals surface area contributed by atoms with E-state index in [1.165, 1.54) is 12.1 Å². The third-order valence-corrected chi connectivity index (χ3v) is 2.42. The van der Waals surface area contributed by atoms with Gasteiger partial charge in [-0.3, -0.25) is 4.79 Å². The van der Waals surface area contributed by atoms with Crippen LogP contribution >= 0.6 is 0 Å². The molecule has 1 unspecified atom stereocenters. The summed E-state index contributed by atoms with van der Waals surface area (Å²) in [4.78, 5) is 11.7. The molecule has 1 aromatic rings. The topological polar surface area (TPSA) is 47.6 Å². The van der Waals surface area contributed by atoms with Crippen LogP contribution in [0.1, 0.15) is 20.3 Å². The fourth-order valence-corrected chi connectivity index (χ4v) is 1.51. The first-order chi connectivity index (χ1) is 9.17. The number of halogens is 1. The lowest BCUT2D eigenvalue weighted by atomic mass is 10.3. The first kappa shape index (κ1) is 15.4. The van der Waals surface area contributed by atoms with Crippen LogP contribution in [0.15, 0.2) is 24.3 Å². The summed E-state index contributed by atoms with van der Waals surface area (Å²) in [5.41, 5.74) is 0. The standard InChI is InChI=1S/C14H20FNO3/c1-3-8-16-13(14(17)18-4-2)10-19-12-7-5-6-11(15)9-12/h5-7,9,13,16H,3-4,8,10H2,1-2H3. The van der Waals surface area contributed by atoms with Gasteiger partial charge in [0.2, 0.25) is 0 Å². The molecule has 1 atom stereocenters. The summed E-state index contributed by atoms with van der Waals surface area (Å²) < 4.78 is 23.4. The van der Waals surface area contributed by atoms with Crippen LogP contribution in [-0.2, 0) is 9.53 Å². The predicted octanol–water partition coefficient (Wildman–Crippen LogP) is 2.14. The largest absolute Gasteiger partial charge is 0.491 e. The summed E-state index contributed by atoms with van der Waals surface area (Å²) >= 11 is 0. The van der Waals surface area contributed by atoms with Gasteiger partial charge in [-0.05, 0) is 32.0 Å². The van der Waals surface area contributed by atoms with E-state index >= 15 is 0 Å². The van der Waals surface area contributed by atoms with Crippen LogP contribution in [-0.4, -0.2) is 31.8 Å². The summed E-state index contributed by atoms with van der Waals surface area (Å²) in [7, 11) is 0. The Morgan fingerprint density at radius 2 is 2.21 bits per heavy atom. The highest BCUT2D eigenvalue weighted by molar-refractivity contribution is 5.76. The molecule has 0 saturated carbocycles. The minimum Gasteiger partial charge on any atom is -0.491 e. The van der Waals surface area contributed by atoms with E-state index in [1.807, 2.05) is 6.92 Å². The zero-order valence-corrected chi connectivity index (χ0v) is 11.3. The SMILES string of the molecule is CCCNC(COc1cccc(F)c1)C(=O)OCC. The number of carbonyl (C=O) groups excluding carboxylic acids is 1. The van der Waals surface area contributed by atoms with Crippen LogP contribution in [0.3, 0.4) is 0 Å². The maximum Gasteiger partial charge on any atom is 0.326 e. The molecule has 0 saturated heterocycles. The maximum absolute atomic E-state index is 13.0. The molecule has 4 nitrogen and oxygen atoms in total. The molecule has 19 heavy (non-hydrogen) atoms. The van der Waals surface area contributed by atoms with Crippen LogP contribution in [0, 0.1) is 5.82 Å². The van der Waals surface area contributed by atoms with Gasteiger partial charge in [-0.2, -0.15) is 0 Å². The van der Waals surface area contributed by atoms with Crippen molar-refractivity contribution < 1.29 is 18.7 Å². The van der Waals surface area contributed by atoms with Crippen molar-refractivity contribution in [1.82, 2.24) is 5.32 Å². The highest BCUT2D eigenvalue weighted by atomic mass is 19.1. The zero-order chi connectivity index (χ0) is 14.1. The summed E-state index contributed by atoms with van der Waals surface area (Å²) in [6.45, 7) is 4.88. The van der Waals surface area contributed by atoms with Gasteiger partial charge in [0.1, 0.15) is 24.2 Å². The van der Waals surface area contributed by atoms with E-state index in [2.05, 4.69) is 5.32 Å². The predicted molar refractivity (Wildman–Crippen MR) is 70.6 cm³/mol. The summed E-state index contributed by atoms with van der Waals surface area (Å²) in [6.07, 6.45) is 0.899. The van der Waals surface area contributed by atoms with E-state index in [1.54, 1.807) is 19.1 Å². The molecule has 0 aliphatic carbocycles. The van der Waals surface area contributed by atoms with Gasteiger partial charge in [-0.1, -0.05) is 13.0 Å². The normalized spacial score (nSPS) is 11.9. The second kappa shape index (κ2) is 8.48. The van der Waals surface area contributed by atoms with E-state index in [-0.39, 0.29) is 18.4 Å². The molecule has 0 aliphatic heterocycles. The Morgan fingerprint density at radius 3 is 2.84 bits per heavy atom. The molecule has 0 bridgehead atoms. The third-order valence-electron chi connectivity index (χ3n) is 2.42. The molecule has 0 heterocycles. The Labute approximate surface area is 112 Å². The Kier molecular flexibility index (Phi) is 6.89. The molecule has 5 heteroatoms. The summed E-state index contributed by atoms with van der Waals surface area (Å²) in [6, 6.07) is 5.28. The van der Waals surface area contributed by atoms with E-state index in [0.29, 0.717) is 18.9 Å². The molecule has 1 aromatic carbocycles. The fourth-order valence-electron chi connectivity index (χ4n) is 1.51. The van der Waals surface area contributed by atoms with Gasteiger partial charge in [0, 0.05) is 6.07 Å². The zero-order valence-electron chi connectivity index (χ0n) is 11.3. The number of hydrogen-bond donors (Lipinski definition) is 1. The van der Waals surface area contributed by atoms with Crippen molar-refractivity contribution in [3.8, 4) is 5.75 Å². The van der Waals surface area contributed by atoms with Crippen molar-refractivity contribution in [2.45, 2.75) is 26.3 Å². The lowest BCUT2D eigenvalue weighted by Crippen LogP contribution is -2.43. The van der Waals surface area contributed by atoms with Crippen LogP contribution in [0.25, 0.3) is 0 Å². The number of rotatable bonds is 8. The number of ether oxygens (including phenoxy) is 2. The second-order valence-electron chi connectivity index (χ2n) is 4.03. The Hall–Kier alpha value is -1.62. The van der Waals surface area contributed by atoms with E-state index in [9.17, 15) is 9.18 Å².